The molecule has 0 bridgehead atoms. The number of aryl methyl sites for hydroxylation is 1. The van der Waals surface area contributed by atoms with Crippen LogP contribution in [0.15, 0.2) is 36.4 Å². The summed E-state index contributed by atoms with van der Waals surface area (Å²) in [6.07, 6.45) is 0. The molecule has 0 saturated heterocycles. The summed E-state index contributed by atoms with van der Waals surface area (Å²) in [4.78, 5) is 0. The highest BCUT2D eigenvalue weighted by Gasteiger charge is 2.12. The number of methoxy groups -OCH3 is 3. The third-order valence-corrected chi connectivity index (χ3v) is 3.78. The van der Waals surface area contributed by atoms with E-state index in [4.69, 9.17) is 26.4 Å². The van der Waals surface area contributed by atoms with Gasteiger partial charge in [-0.15, -0.1) is 0 Å². The molecule has 24 heavy (non-hydrogen) atoms. The van der Waals surface area contributed by atoms with Crippen molar-refractivity contribution < 1.29 is 14.2 Å². The molecule has 128 valence electrons. The standard InChI is InChI=1S/C18H22N2O3S/c1-12-5-7-14(8-6-12)20-18(24)19-11-13-9-16(22-3)17(23-4)10-15(13)21-2/h5-10H,11H2,1-4H3,(H2,19,20,24). The van der Waals surface area contributed by atoms with Gasteiger partial charge >= 0.3 is 0 Å². The van der Waals surface area contributed by atoms with Gasteiger partial charge in [-0.05, 0) is 37.3 Å². The molecule has 2 rings (SSSR count). The maximum atomic E-state index is 5.41. The van der Waals surface area contributed by atoms with E-state index in [1.54, 1.807) is 27.4 Å². The van der Waals surface area contributed by atoms with Crippen molar-refractivity contribution in [1.82, 2.24) is 5.32 Å². The van der Waals surface area contributed by atoms with Crippen molar-refractivity contribution in [2.24, 2.45) is 0 Å². The lowest BCUT2D eigenvalue weighted by atomic mass is 10.1. The summed E-state index contributed by atoms with van der Waals surface area (Å²) in [5.74, 6) is 1.98. The average Bonchev–Trinajstić information content (AvgIpc) is 2.61. The lowest BCUT2D eigenvalue weighted by molar-refractivity contribution is 0.347. The molecule has 0 saturated carbocycles. The predicted octanol–water partition coefficient (Wildman–Crippen LogP) is 3.51. The quantitative estimate of drug-likeness (QED) is 0.781. The van der Waals surface area contributed by atoms with Crippen LogP contribution >= 0.6 is 12.2 Å². The van der Waals surface area contributed by atoms with Crippen LogP contribution < -0.4 is 24.8 Å². The van der Waals surface area contributed by atoms with Crippen molar-refractivity contribution in [3.8, 4) is 17.2 Å². The predicted molar refractivity (Wildman–Crippen MR) is 100 cm³/mol. The second-order valence-electron chi connectivity index (χ2n) is 5.19. The van der Waals surface area contributed by atoms with Crippen LogP contribution in [0, 0.1) is 6.92 Å². The molecule has 0 radical (unpaired) electrons. The van der Waals surface area contributed by atoms with Crippen LogP contribution in [0.2, 0.25) is 0 Å². The minimum atomic E-state index is 0.501. The number of hydrogen-bond acceptors (Lipinski definition) is 4. The van der Waals surface area contributed by atoms with Crippen LogP contribution in [0.5, 0.6) is 17.2 Å². The van der Waals surface area contributed by atoms with Crippen molar-refractivity contribution >= 4 is 23.0 Å². The summed E-state index contributed by atoms with van der Waals surface area (Å²) >= 11 is 5.34. The van der Waals surface area contributed by atoms with Gasteiger partial charge in [-0.2, -0.15) is 0 Å². The fraction of sp³-hybridized carbons (Fsp3) is 0.278. The maximum absolute atomic E-state index is 5.41. The van der Waals surface area contributed by atoms with E-state index >= 15 is 0 Å². The van der Waals surface area contributed by atoms with Gasteiger partial charge in [0.25, 0.3) is 0 Å². The molecule has 2 N–H and O–H groups in total. The summed E-state index contributed by atoms with van der Waals surface area (Å²) in [6.45, 7) is 2.55. The minimum Gasteiger partial charge on any atom is -0.496 e. The molecule has 0 fully saturated rings. The van der Waals surface area contributed by atoms with Crippen molar-refractivity contribution in [2.75, 3.05) is 26.6 Å². The third-order valence-electron chi connectivity index (χ3n) is 3.54. The molecule has 2 aromatic rings. The molecule has 0 amide bonds. The summed E-state index contributed by atoms with van der Waals surface area (Å²) < 4.78 is 16.0. The first-order chi connectivity index (χ1) is 11.6. The first-order valence-corrected chi connectivity index (χ1v) is 7.88. The third kappa shape index (κ3) is 4.52. The van der Waals surface area contributed by atoms with Gasteiger partial charge in [0, 0.05) is 23.9 Å². The average molecular weight is 346 g/mol. The van der Waals surface area contributed by atoms with Crippen molar-refractivity contribution in [3.63, 3.8) is 0 Å². The Hall–Kier alpha value is -2.47. The molecule has 5 nitrogen and oxygen atoms in total. The fourth-order valence-electron chi connectivity index (χ4n) is 2.22. The number of anilines is 1. The van der Waals surface area contributed by atoms with E-state index in [1.807, 2.05) is 37.3 Å². The van der Waals surface area contributed by atoms with Gasteiger partial charge in [0.1, 0.15) is 5.75 Å². The number of rotatable bonds is 6. The zero-order valence-electron chi connectivity index (χ0n) is 14.3. The summed E-state index contributed by atoms with van der Waals surface area (Å²) in [7, 11) is 4.81. The normalized spacial score (nSPS) is 10.0. The zero-order valence-corrected chi connectivity index (χ0v) is 15.1. The first kappa shape index (κ1) is 17.9. The Morgan fingerprint density at radius 1 is 0.917 bits per heavy atom. The van der Waals surface area contributed by atoms with E-state index in [9.17, 15) is 0 Å². The van der Waals surface area contributed by atoms with E-state index in [0.29, 0.717) is 28.9 Å². The smallest absolute Gasteiger partial charge is 0.171 e. The molecule has 0 heterocycles. The van der Waals surface area contributed by atoms with Crippen LogP contribution in [0.3, 0.4) is 0 Å². The van der Waals surface area contributed by atoms with Gasteiger partial charge in [-0.1, -0.05) is 17.7 Å². The van der Waals surface area contributed by atoms with Gasteiger partial charge in [0.05, 0.1) is 21.3 Å². The Balaban J connectivity index is 2.04. The highest BCUT2D eigenvalue weighted by Crippen LogP contribution is 2.34. The second-order valence-corrected chi connectivity index (χ2v) is 5.60. The summed E-state index contributed by atoms with van der Waals surface area (Å²) in [5.41, 5.74) is 3.06. The summed E-state index contributed by atoms with van der Waals surface area (Å²) in [5, 5.41) is 6.86. The molecule has 6 heteroatoms. The minimum absolute atomic E-state index is 0.501. The van der Waals surface area contributed by atoms with Crippen molar-refractivity contribution in [1.29, 1.82) is 0 Å². The highest BCUT2D eigenvalue weighted by atomic mass is 32.1. The van der Waals surface area contributed by atoms with Gasteiger partial charge < -0.3 is 24.8 Å². The number of thiocarbonyl (C=S) groups is 1. The molecule has 0 aromatic heterocycles. The van der Waals surface area contributed by atoms with Gasteiger partial charge in [-0.25, -0.2) is 0 Å². The molecule has 0 aliphatic heterocycles. The number of hydrogen-bond donors (Lipinski definition) is 2. The SMILES string of the molecule is COc1cc(OC)c(OC)cc1CNC(=S)Nc1ccc(C)cc1. The maximum Gasteiger partial charge on any atom is 0.171 e. The van der Waals surface area contributed by atoms with Crippen LogP contribution in [0.4, 0.5) is 5.69 Å². The van der Waals surface area contributed by atoms with Gasteiger partial charge in [-0.3, -0.25) is 0 Å². The second kappa shape index (κ2) is 8.40. The van der Waals surface area contributed by atoms with Crippen LogP contribution in [0.25, 0.3) is 0 Å². The Morgan fingerprint density at radius 2 is 1.50 bits per heavy atom. The van der Waals surface area contributed by atoms with E-state index in [1.165, 1.54) is 5.56 Å². The number of benzene rings is 2. The fourth-order valence-corrected chi connectivity index (χ4v) is 2.41. The molecule has 0 atom stereocenters. The highest BCUT2D eigenvalue weighted by molar-refractivity contribution is 7.80. The molecule has 0 aliphatic rings. The summed E-state index contributed by atoms with van der Waals surface area (Å²) in [6, 6.07) is 11.7. The Morgan fingerprint density at radius 3 is 2.08 bits per heavy atom. The van der Waals surface area contributed by atoms with Crippen molar-refractivity contribution in [2.45, 2.75) is 13.5 Å². The number of nitrogens with one attached hydrogen (secondary N) is 2. The molecular weight excluding hydrogens is 324 g/mol. The van der Waals surface area contributed by atoms with Crippen LogP contribution in [-0.2, 0) is 6.54 Å². The van der Waals surface area contributed by atoms with E-state index in [0.717, 1.165) is 11.3 Å². The molecule has 0 unspecified atom stereocenters. The van der Waals surface area contributed by atoms with Crippen molar-refractivity contribution in [3.05, 3.63) is 47.5 Å². The van der Waals surface area contributed by atoms with Crippen LogP contribution in [0.1, 0.15) is 11.1 Å². The zero-order chi connectivity index (χ0) is 17.5. The van der Waals surface area contributed by atoms with Crippen LogP contribution in [-0.4, -0.2) is 26.4 Å². The number of ether oxygens (including phenoxy) is 3. The first-order valence-electron chi connectivity index (χ1n) is 7.47. The van der Waals surface area contributed by atoms with Gasteiger partial charge in [0.2, 0.25) is 0 Å². The van der Waals surface area contributed by atoms with E-state index in [-0.39, 0.29) is 0 Å². The lowest BCUT2D eigenvalue weighted by Gasteiger charge is -2.16. The lowest BCUT2D eigenvalue weighted by Crippen LogP contribution is -2.28. The Kier molecular flexibility index (Phi) is 6.26. The Labute approximate surface area is 147 Å². The molecular formula is C18H22N2O3S. The van der Waals surface area contributed by atoms with Gasteiger partial charge in [0.15, 0.2) is 16.6 Å². The molecule has 0 spiro atoms. The molecule has 0 aliphatic carbocycles. The molecule has 2 aromatic carbocycles. The topological polar surface area (TPSA) is 51.8 Å². The Bertz CT molecular complexity index is 702. The van der Waals surface area contributed by atoms with E-state index < -0.39 is 0 Å². The monoisotopic (exact) mass is 346 g/mol. The van der Waals surface area contributed by atoms with E-state index in [2.05, 4.69) is 10.6 Å². The largest absolute Gasteiger partial charge is 0.496 e.